The molecule has 0 aliphatic heterocycles. The van der Waals surface area contributed by atoms with Crippen LogP contribution in [0.2, 0.25) is 0 Å². The molecule has 0 bridgehead atoms. The molecule has 0 saturated heterocycles. The molecule has 2 aliphatic rings. The van der Waals surface area contributed by atoms with Crippen molar-refractivity contribution in [2.24, 2.45) is 5.41 Å². The Balaban J connectivity index is 1.49. The van der Waals surface area contributed by atoms with Crippen LogP contribution in [-0.4, -0.2) is 45.9 Å². The Morgan fingerprint density at radius 1 is 1.00 bits per heavy atom. The maximum atomic E-state index is 12.4. The van der Waals surface area contributed by atoms with Crippen molar-refractivity contribution >= 4 is 46.2 Å². The molecule has 6 nitrogen and oxygen atoms in total. The maximum absolute atomic E-state index is 12.4. The third-order valence-electron chi connectivity index (χ3n) is 5.84. The highest BCUT2D eigenvalue weighted by Crippen LogP contribution is 2.51. The van der Waals surface area contributed by atoms with Crippen molar-refractivity contribution in [3.8, 4) is 0 Å². The molecule has 30 heavy (non-hydrogen) atoms. The van der Waals surface area contributed by atoms with Crippen molar-refractivity contribution in [3.05, 3.63) is 48.6 Å². The summed E-state index contributed by atoms with van der Waals surface area (Å²) in [5.74, 6) is -0.844. The molecule has 0 atom stereocenters. The number of hydrazine groups is 2. The van der Waals surface area contributed by atoms with Gasteiger partial charge in [0.2, 0.25) is 11.8 Å². The van der Waals surface area contributed by atoms with E-state index >= 15 is 0 Å². The summed E-state index contributed by atoms with van der Waals surface area (Å²) >= 11 is 11.2. The molecule has 0 unspecified atom stereocenters. The van der Waals surface area contributed by atoms with E-state index in [-0.39, 0.29) is 17.3 Å². The standard InChI is InChI=1S/C22H28N4O2S2/c1-4-10-21(11-12-21)19(29)25(2)23-17(27)15-18(28)24-26(3)20(30)22(13-14-22)16-8-6-5-7-9-16/h4-9H,1,10-15H2,2-3H3,(H,23,27)(H,24,28). The number of carbonyl (C=O) groups excluding carboxylic acids is 2. The first-order valence-corrected chi connectivity index (χ1v) is 10.9. The van der Waals surface area contributed by atoms with Crippen LogP contribution in [0.5, 0.6) is 0 Å². The molecular formula is C22H28N4O2S2. The van der Waals surface area contributed by atoms with E-state index in [0.717, 1.165) is 37.7 Å². The maximum Gasteiger partial charge on any atom is 0.248 e. The van der Waals surface area contributed by atoms with Gasteiger partial charge in [-0.15, -0.1) is 6.58 Å². The van der Waals surface area contributed by atoms with Crippen molar-refractivity contribution in [2.45, 2.75) is 43.9 Å². The molecule has 3 rings (SSSR count). The fourth-order valence-corrected chi connectivity index (χ4v) is 4.52. The number of nitrogens with zero attached hydrogens (tertiary/aromatic N) is 2. The lowest BCUT2D eigenvalue weighted by Gasteiger charge is -2.28. The van der Waals surface area contributed by atoms with Crippen molar-refractivity contribution < 1.29 is 9.59 Å². The van der Waals surface area contributed by atoms with Gasteiger partial charge in [-0.1, -0.05) is 60.8 Å². The third-order valence-corrected chi connectivity index (χ3v) is 7.21. The fraction of sp³-hybridized carbons (Fsp3) is 0.455. The predicted octanol–water partition coefficient (Wildman–Crippen LogP) is 3.05. The Morgan fingerprint density at radius 2 is 1.53 bits per heavy atom. The second-order valence-corrected chi connectivity index (χ2v) is 8.97. The molecule has 8 heteroatoms. The van der Waals surface area contributed by atoms with E-state index in [9.17, 15) is 9.59 Å². The van der Waals surface area contributed by atoms with Crippen molar-refractivity contribution in [1.29, 1.82) is 0 Å². The summed E-state index contributed by atoms with van der Waals surface area (Å²) in [7, 11) is 3.42. The van der Waals surface area contributed by atoms with E-state index in [4.69, 9.17) is 24.4 Å². The lowest BCUT2D eigenvalue weighted by molar-refractivity contribution is -0.132. The molecule has 0 aromatic heterocycles. The van der Waals surface area contributed by atoms with Crippen molar-refractivity contribution in [2.75, 3.05) is 14.1 Å². The van der Waals surface area contributed by atoms with E-state index in [1.807, 2.05) is 24.3 Å². The number of nitrogens with one attached hydrogen (secondary N) is 2. The summed E-state index contributed by atoms with van der Waals surface area (Å²) in [5.41, 5.74) is 6.27. The summed E-state index contributed by atoms with van der Waals surface area (Å²) in [6.07, 6.45) is 6.21. The molecule has 2 saturated carbocycles. The van der Waals surface area contributed by atoms with Crippen LogP contribution < -0.4 is 10.9 Å². The zero-order chi connectivity index (χ0) is 21.9. The Hall–Kier alpha value is -2.32. The van der Waals surface area contributed by atoms with Crippen LogP contribution in [0.15, 0.2) is 43.0 Å². The molecule has 0 spiro atoms. The summed E-state index contributed by atoms with van der Waals surface area (Å²) in [5, 5.41) is 3.10. The summed E-state index contributed by atoms with van der Waals surface area (Å²) in [6.45, 7) is 3.78. The van der Waals surface area contributed by atoms with Gasteiger partial charge in [-0.2, -0.15) is 0 Å². The van der Waals surface area contributed by atoms with Gasteiger partial charge in [-0.25, -0.2) is 0 Å². The molecule has 2 aliphatic carbocycles. The molecule has 1 aromatic carbocycles. The first-order valence-electron chi connectivity index (χ1n) is 10.1. The van der Waals surface area contributed by atoms with Gasteiger partial charge in [0.05, 0.1) is 0 Å². The van der Waals surface area contributed by atoms with Crippen LogP contribution in [0.25, 0.3) is 0 Å². The summed E-state index contributed by atoms with van der Waals surface area (Å²) in [4.78, 5) is 26.0. The quantitative estimate of drug-likeness (QED) is 0.292. The summed E-state index contributed by atoms with van der Waals surface area (Å²) < 4.78 is 0. The first kappa shape index (κ1) is 22.4. The number of rotatable bonds is 7. The predicted molar refractivity (Wildman–Crippen MR) is 125 cm³/mol. The van der Waals surface area contributed by atoms with Crippen LogP contribution in [0.4, 0.5) is 0 Å². The van der Waals surface area contributed by atoms with Gasteiger partial charge in [0.25, 0.3) is 0 Å². The van der Waals surface area contributed by atoms with Gasteiger partial charge in [0.1, 0.15) is 16.4 Å². The number of amides is 2. The molecule has 0 radical (unpaired) electrons. The normalized spacial score (nSPS) is 17.3. The molecule has 160 valence electrons. The van der Waals surface area contributed by atoms with Gasteiger partial charge in [-0.3, -0.25) is 30.5 Å². The second kappa shape index (κ2) is 8.81. The zero-order valence-corrected chi connectivity index (χ0v) is 19.1. The highest BCUT2D eigenvalue weighted by atomic mass is 32.1. The number of hydrogen-bond donors (Lipinski definition) is 2. The van der Waals surface area contributed by atoms with Crippen LogP contribution in [-0.2, 0) is 15.0 Å². The zero-order valence-electron chi connectivity index (χ0n) is 17.4. The monoisotopic (exact) mass is 444 g/mol. The number of likely N-dealkylation sites (N-methyl/N-ethyl adjacent to an activating group) is 1. The summed E-state index contributed by atoms with van der Waals surface area (Å²) in [6, 6.07) is 10.1. The minimum atomic E-state index is -0.423. The smallest absolute Gasteiger partial charge is 0.248 e. The van der Waals surface area contributed by atoms with Crippen molar-refractivity contribution in [3.63, 3.8) is 0 Å². The lowest BCUT2D eigenvalue weighted by atomic mass is 9.96. The SMILES string of the molecule is C=CCC1(C(=S)N(C)NC(=O)CC(=O)NN(C)C(=S)C2(c3ccccc3)CC2)CC1. The molecule has 0 heterocycles. The van der Waals surface area contributed by atoms with Crippen LogP contribution in [0, 0.1) is 5.41 Å². The molecular weight excluding hydrogens is 416 g/mol. The van der Waals surface area contributed by atoms with E-state index in [2.05, 4.69) is 29.6 Å². The van der Waals surface area contributed by atoms with Gasteiger partial charge in [-0.05, 0) is 37.7 Å². The average Bonchev–Trinajstić information content (AvgIpc) is 3.63. The molecule has 2 amide bonds. The number of benzene rings is 1. The number of allylic oxidation sites excluding steroid dienone is 1. The van der Waals surface area contributed by atoms with E-state index in [1.165, 1.54) is 0 Å². The van der Waals surface area contributed by atoms with Crippen LogP contribution in [0.3, 0.4) is 0 Å². The Bertz CT molecular complexity index is 863. The Kier molecular flexibility index (Phi) is 6.57. The Labute approximate surface area is 188 Å². The van der Waals surface area contributed by atoms with Crippen LogP contribution >= 0.6 is 24.4 Å². The first-order chi connectivity index (χ1) is 14.2. The van der Waals surface area contributed by atoms with E-state index in [1.54, 1.807) is 24.1 Å². The average molecular weight is 445 g/mol. The minimum Gasteiger partial charge on any atom is -0.281 e. The minimum absolute atomic E-state index is 0.0796. The molecule has 2 N–H and O–H groups in total. The topological polar surface area (TPSA) is 64.7 Å². The van der Waals surface area contributed by atoms with Gasteiger partial charge < -0.3 is 0 Å². The highest BCUT2D eigenvalue weighted by molar-refractivity contribution is 7.80. The van der Waals surface area contributed by atoms with Crippen molar-refractivity contribution in [1.82, 2.24) is 20.9 Å². The van der Waals surface area contributed by atoms with Crippen LogP contribution in [0.1, 0.15) is 44.1 Å². The molecule has 2 fully saturated rings. The second-order valence-electron chi connectivity index (χ2n) is 8.20. The van der Waals surface area contributed by atoms with E-state index < -0.39 is 11.8 Å². The van der Waals surface area contributed by atoms with Gasteiger partial charge >= 0.3 is 0 Å². The van der Waals surface area contributed by atoms with Gasteiger partial charge in [0, 0.05) is 24.9 Å². The molecule has 1 aromatic rings. The number of hydrogen-bond acceptors (Lipinski definition) is 4. The lowest BCUT2D eigenvalue weighted by Crippen LogP contribution is -2.50. The Morgan fingerprint density at radius 3 is 2.00 bits per heavy atom. The highest BCUT2D eigenvalue weighted by Gasteiger charge is 2.50. The largest absolute Gasteiger partial charge is 0.281 e. The third kappa shape index (κ3) is 4.70. The number of thiocarbonyl (C=S) groups is 2. The van der Waals surface area contributed by atoms with Gasteiger partial charge in [0.15, 0.2) is 0 Å². The number of carbonyl (C=O) groups is 2. The van der Waals surface area contributed by atoms with E-state index in [0.29, 0.717) is 9.98 Å². The fourth-order valence-electron chi connectivity index (χ4n) is 3.82.